The van der Waals surface area contributed by atoms with Crippen molar-refractivity contribution in [1.82, 2.24) is 10.3 Å². The lowest BCUT2D eigenvalue weighted by molar-refractivity contribution is 0.0694. The summed E-state index contributed by atoms with van der Waals surface area (Å²) in [6.07, 6.45) is 1.02. The predicted octanol–water partition coefficient (Wildman–Crippen LogP) is 1.59. The van der Waals surface area contributed by atoms with Crippen molar-refractivity contribution in [1.29, 1.82) is 0 Å². The second-order valence-electron chi connectivity index (χ2n) is 3.49. The zero-order chi connectivity index (χ0) is 11.6. The van der Waals surface area contributed by atoms with E-state index in [0.717, 1.165) is 36.8 Å². The van der Waals surface area contributed by atoms with Gasteiger partial charge in [-0.15, -0.1) is 11.3 Å². The molecule has 5 heteroatoms. The van der Waals surface area contributed by atoms with Crippen molar-refractivity contribution in [2.24, 2.45) is 0 Å². The molecule has 0 saturated carbocycles. The zero-order valence-electron chi connectivity index (χ0n) is 9.99. The maximum absolute atomic E-state index is 5.35. The lowest BCUT2D eigenvalue weighted by Gasteiger charge is -2.04. The molecule has 0 atom stereocenters. The fraction of sp³-hybridized carbons (Fsp3) is 0.727. The van der Waals surface area contributed by atoms with Crippen LogP contribution in [-0.2, 0) is 16.0 Å². The number of methoxy groups -OCH3 is 1. The normalized spacial score (nSPS) is 10.9. The Morgan fingerprint density at radius 2 is 2.25 bits per heavy atom. The molecule has 0 aliphatic rings. The monoisotopic (exact) mass is 244 g/mol. The number of hydrogen-bond donors (Lipinski definition) is 1. The van der Waals surface area contributed by atoms with Crippen LogP contribution in [0.2, 0.25) is 0 Å². The lowest BCUT2D eigenvalue weighted by atomic mass is 10.4. The highest BCUT2D eigenvalue weighted by molar-refractivity contribution is 7.09. The summed E-state index contributed by atoms with van der Waals surface area (Å²) >= 11 is 1.69. The van der Waals surface area contributed by atoms with E-state index in [1.54, 1.807) is 18.4 Å². The van der Waals surface area contributed by atoms with Crippen molar-refractivity contribution in [3.63, 3.8) is 0 Å². The summed E-state index contributed by atoms with van der Waals surface area (Å²) in [6, 6.07) is 0. The Hall–Kier alpha value is -0.490. The molecule has 1 aromatic rings. The van der Waals surface area contributed by atoms with Gasteiger partial charge >= 0.3 is 0 Å². The first-order chi connectivity index (χ1) is 7.83. The number of aryl methyl sites for hydroxylation is 1. The van der Waals surface area contributed by atoms with Crippen LogP contribution in [0.4, 0.5) is 0 Å². The molecule has 1 heterocycles. The molecule has 0 fully saturated rings. The lowest BCUT2D eigenvalue weighted by Crippen LogP contribution is -2.17. The Kier molecular flexibility index (Phi) is 7.33. The maximum atomic E-state index is 5.35. The summed E-state index contributed by atoms with van der Waals surface area (Å²) in [5.41, 5.74) is 1.13. The number of thiazole rings is 1. The second kappa shape index (κ2) is 8.64. The Morgan fingerprint density at radius 1 is 1.38 bits per heavy atom. The van der Waals surface area contributed by atoms with Gasteiger partial charge in [0.15, 0.2) is 0 Å². The first-order valence-corrected chi connectivity index (χ1v) is 6.39. The van der Waals surface area contributed by atoms with Crippen LogP contribution in [0, 0.1) is 6.92 Å². The summed E-state index contributed by atoms with van der Waals surface area (Å²) in [5.74, 6) is 0. The van der Waals surface area contributed by atoms with Gasteiger partial charge < -0.3 is 14.8 Å². The molecule has 1 rings (SSSR count). The number of ether oxygens (including phenoxy) is 2. The van der Waals surface area contributed by atoms with E-state index in [0.29, 0.717) is 13.2 Å². The van der Waals surface area contributed by atoms with E-state index in [4.69, 9.17) is 9.47 Å². The zero-order valence-corrected chi connectivity index (χ0v) is 10.8. The van der Waals surface area contributed by atoms with Gasteiger partial charge in [0, 0.05) is 25.6 Å². The molecular formula is C11H20N2O2S. The molecule has 4 nitrogen and oxygen atoms in total. The summed E-state index contributed by atoms with van der Waals surface area (Å²) < 4.78 is 10.2. The number of rotatable bonds is 9. The Bertz CT molecular complexity index is 279. The summed E-state index contributed by atoms with van der Waals surface area (Å²) in [5, 5.41) is 6.56. The smallest absolute Gasteiger partial charge is 0.0897 e. The quantitative estimate of drug-likeness (QED) is 0.670. The van der Waals surface area contributed by atoms with E-state index >= 15 is 0 Å². The Balaban J connectivity index is 1.88. The first-order valence-electron chi connectivity index (χ1n) is 5.51. The third-order valence-corrected chi connectivity index (χ3v) is 2.87. The van der Waals surface area contributed by atoms with Gasteiger partial charge in [-0.05, 0) is 19.9 Å². The van der Waals surface area contributed by atoms with Gasteiger partial charge in [-0.1, -0.05) is 0 Å². The van der Waals surface area contributed by atoms with E-state index in [2.05, 4.69) is 15.7 Å². The summed E-state index contributed by atoms with van der Waals surface area (Å²) in [7, 11) is 1.68. The van der Waals surface area contributed by atoms with Gasteiger partial charge in [0.1, 0.15) is 0 Å². The predicted molar refractivity (Wildman–Crippen MR) is 65.9 cm³/mol. The van der Waals surface area contributed by atoms with Crippen LogP contribution < -0.4 is 5.32 Å². The van der Waals surface area contributed by atoms with Gasteiger partial charge in [0.05, 0.1) is 23.9 Å². The van der Waals surface area contributed by atoms with Crippen LogP contribution in [0.5, 0.6) is 0 Å². The highest BCUT2D eigenvalue weighted by atomic mass is 32.1. The van der Waals surface area contributed by atoms with Crippen LogP contribution in [0.25, 0.3) is 0 Å². The molecule has 0 saturated heterocycles. The molecule has 92 valence electrons. The largest absolute Gasteiger partial charge is 0.382 e. The molecule has 1 N–H and O–H groups in total. The van der Waals surface area contributed by atoms with Crippen LogP contribution >= 0.6 is 11.3 Å². The molecule has 1 aromatic heterocycles. The van der Waals surface area contributed by atoms with E-state index in [1.807, 2.05) is 6.92 Å². The maximum Gasteiger partial charge on any atom is 0.0897 e. The Labute approximate surface area is 101 Å². The summed E-state index contributed by atoms with van der Waals surface area (Å²) in [6.45, 7) is 5.98. The Morgan fingerprint density at radius 3 is 2.94 bits per heavy atom. The molecule has 0 aliphatic carbocycles. The van der Waals surface area contributed by atoms with Gasteiger partial charge in [0.25, 0.3) is 0 Å². The van der Waals surface area contributed by atoms with Crippen molar-refractivity contribution in [3.05, 3.63) is 16.1 Å². The van der Waals surface area contributed by atoms with E-state index < -0.39 is 0 Å². The number of hydrogen-bond acceptors (Lipinski definition) is 5. The second-order valence-corrected chi connectivity index (χ2v) is 4.56. The number of aromatic nitrogens is 1. The van der Waals surface area contributed by atoms with E-state index in [-0.39, 0.29) is 0 Å². The number of nitrogens with zero attached hydrogens (tertiary/aromatic N) is 1. The average Bonchev–Trinajstić information content (AvgIpc) is 2.68. The van der Waals surface area contributed by atoms with Crippen molar-refractivity contribution in [2.75, 3.05) is 33.5 Å². The van der Waals surface area contributed by atoms with Crippen molar-refractivity contribution in [2.45, 2.75) is 19.9 Å². The SMILES string of the molecule is COCCOCCCNCc1csc(C)n1. The number of nitrogens with one attached hydrogen (secondary N) is 1. The van der Waals surface area contributed by atoms with Gasteiger partial charge in [-0.25, -0.2) is 4.98 Å². The topological polar surface area (TPSA) is 43.4 Å². The van der Waals surface area contributed by atoms with E-state index in [1.165, 1.54) is 0 Å². The van der Waals surface area contributed by atoms with Crippen LogP contribution in [-0.4, -0.2) is 38.5 Å². The molecular weight excluding hydrogens is 224 g/mol. The molecule has 0 unspecified atom stereocenters. The third-order valence-electron chi connectivity index (χ3n) is 2.05. The van der Waals surface area contributed by atoms with Crippen LogP contribution in [0.3, 0.4) is 0 Å². The van der Waals surface area contributed by atoms with Crippen LogP contribution in [0.15, 0.2) is 5.38 Å². The minimum atomic E-state index is 0.672. The fourth-order valence-electron chi connectivity index (χ4n) is 1.25. The standard InChI is InChI=1S/C11H20N2O2S/c1-10-13-11(9-16-10)8-12-4-3-5-15-7-6-14-2/h9,12H,3-8H2,1-2H3. The van der Waals surface area contributed by atoms with Crippen molar-refractivity contribution >= 4 is 11.3 Å². The molecule has 0 spiro atoms. The van der Waals surface area contributed by atoms with Gasteiger partial charge in [-0.3, -0.25) is 0 Å². The first kappa shape index (κ1) is 13.6. The molecule has 0 amide bonds. The van der Waals surface area contributed by atoms with Crippen molar-refractivity contribution < 1.29 is 9.47 Å². The van der Waals surface area contributed by atoms with Crippen LogP contribution in [0.1, 0.15) is 17.1 Å². The van der Waals surface area contributed by atoms with Gasteiger partial charge in [0.2, 0.25) is 0 Å². The highest BCUT2D eigenvalue weighted by Crippen LogP contribution is 2.06. The molecule has 0 bridgehead atoms. The minimum absolute atomic E-state index is 0.672. The molecule has 16 heavy (non-hydrogen) atoms. The van der Waals surface area contributed by atoms with Gasteiger partial charge in [-0.2, -0.15) is 0 Å². The fourth-order valence-corrected chi connectivity index (χ4v) is 1.86. The minimum Gasteiger partial charge on any atom is -0.382 e. The average molecular weight is 244 g/mol. The molecule has 0 aliphatic heterocycles. The third kappa shape index (κ3) is 6.17. The van der Waals surface area contributed by atoms with E-state index in [9.17, 15) is 0 Å². The highest BCUT2D eigenvalue weighted by Gasteiger charge is 1.96. The summed E-state index contributed by atoms with van der Waals surface area (Å²) in [4.78, 5) is 4.38. The molecule has 0 aromatic carbocycles. The molecule has 0 radical (unpaired) electrons. The van der Waals surface area contributed by atoms with Crippen molar-refractivity contribution in [3.8, 4) is 0 Å².